The first-order valence-corrected chi connectivity index (χ1v) is 8.67. The van der Waals surface area contributed by atoms with Crippen molar-refractivity contribution in [1.29, 1.82) is 0 Å². The number of nitrogens with one attached hydrogen (secondary N) is 1. The fourth-order valence-electron chi connectivity index (χ4n) is 2.14. The Morgan fingerprint density at radius 3 is 2.46 bits per heavy atom. The number of rotatable bonds is 6. The van der Waals surface area contributed by atoms with Gasteiger partial charge in [0.25, 0.3) is 5.91 Å². The van der Waals surface area contributed by atoms with Gasteiger partial charge in [0.15, 0.2) is 18.1 Å². The zero-order valence-corrected chi connectivity index (χ0v) is 16.7. The van der Waals surface area contributed by atoms with Gasteiger partial charge in [0.1, 0.15) is 0 Å². The molecule has 0 aliphatic carbocycles. The topological polar surface area (TPSA) is 73.9 Å². The third kappa shape index (κ3) is 4.89. The molecule has 0 saturated carbocycles. The fourth-order valence-corrected chi connectivity index (χ4v) is 2.77. The Balaban J connectivity index is 1.99. The first-order chi connectivity index (χ1) is 12.3. The number of hydrogen-bond donors (Lipinski definition) is 1. The Morgan fingerprint density at radius 2 is 1.81 bits per heavy atom. The summed E-state index contributed by atoms with van der Waals surface area (Å²) in [5, 5.41) is 3.13. The largest absolute Gasteiger partial charge is 0.493 e. The van der Waals surface area contributed by atoms with Crippen LogP contribution >= 0.6 is 27.5 Å². The molecule has 0 atom stereocenters. The molecule has 0 heterocycles. The predicted molar refractivity (Wildman–Crippen MR) is 102 cm³/mol. The van der Waals surface area contributed by atoms with E-state index >= 15 is 0 Å². The minimum absolute atomic E-state index is 0.248. The van der Waals surface area contributed by atoms with Gasteiger partial charge in [-0.1, -0.05) is 11.6 Å². The number of carbonyl (C=O) groups excluding carboxylic acids is 2. The summed E-state index contributed by atoms with van der Waals surface area (Å²) in [6.45, 7) is 1.40. The molecule has 1 N–H and O–H groups in total. The van der Waals surface area contributed by atoms with Gasteiger partial charge >= 0.3 is 5.97 Å². The number of halogens is 2. The van der Waals surface area contributed by atoms with Crippen molar-refractivity contribution in [2.45, 2.75) is 6.92 Å². The maximum absolute atomic E-state index is 12.1. The van der Waals surface area contributed by atoms with Crippen molar-refractivity contribution in [3.05, 3.63) is 51.0 Å². The second kappa shape index (κ2) is 8.91. The van der Waals surface area contributed by atoms with Crippen LogP contribution in [0.1, 0.15) is 15.9 Å². The smallest absolute Gasteiger partial charge is 0.338 e. The van der Waals surface area contributed by atoms with Gasteiger partial charge in [-0.25, -0.2) is 4.79 Å². The van der Waals surface area contributed by atoms with Crippen LogP contribution in [-0.2, 0) is 9.53 Å². The lowest BCUT2D eigenvalue weighted by atomic mass is 10.2. The zero-order chi connectivity index (χ0) is 19.3. The minimum atomic E-state index is -0.647. The second-order valence-corrected chi connectivity index (χ2v) is 6.54. The lowest BCUT2D eigenvalue weighted by Gasteiger charge is -2.11. The Kier molecular flexibility index (Phi) is 6.88. The normalized spacial score (nSPS) is 10.2. The third-order valence-electron chi connectivity index (χ3n) is 3.49. The van der Waals surface area contributed by atoms with Crippen molar-refractivity contribution < 1.29 is 23.8 Å². The number of amides is 1. The van der Waals surface area contributed by atoms with E-state index in [2.05, 4.69) is 21.2 Å². The van der Waals surface area contributed by atoms with Gasteiger partial charge in [0, 0.05) is 10.2 Å². The molecule has 0 aliphatic rings. The molecule has 0 aromatic heterocycles. The number of benzene rings is 2. The van der Waals surface area contributed by atoms with Gasteiger partial charge in [0.05, 0.1) is 24.8 Å². The highest BCUT2D eigenvalue weighted by Crippen LogP contribution is 2.29. The van der Waals surface area contributed by atoms with Crippen molar-refractivity contribution >= 4 is 45.1 Å². The SMILES string of the molecule is COc1ccc(C(=O)OCC(=O)Nc2cc(Cl)c(Br)cc2C)cc1OC. The number of ether oxygens (including phenoxy) is 3. The van der Waals surface area contributed by atoms with Crippen LogP contribution in [0, 0.1) is 6.92 Å². The monoisotopic (exact) mass is 441 g/mol. The van der Waals surface area contributed by atoms with Crippen molar-refractivity contribution in [3.63, 3.8) is 0 Å². The van der Waals surface area contributed by atoms with Crippen LogP contribution < -0.4 is 14.8 Å². The molecule has 0 spiro atoms. The van der Waals surface area contributed by atoms with E-state index in [0.29, 0.717) is 22.2 Å². The summed E-state index contributed by atoms with van der Waals surface area (Å²) < 4.78 is 16.0. The Bertz CT molecular complexity index is 841. The highest BCUT2D eigenvalue weighted by molar-refractivity contribution is 9.10. The lowest BCUT2D eigenvalue weighted by molar-refractivity contribution is -0.119. The maximum Gasteiger partial charge on any atom is 0.338 e. The van der Waals surface area contributed by atoms with Crippen LogP contribution in [-0.4, -0.2) is 32.7 Å². The predicted octanol–water partition coefficient (Wildman–Crippen LogP) is 4.22. The molecule has 2 aromatic carbocycles. The molecule has 1 amide bonds. The second-order valence-electron chi connectivity index (χ2n) is 5.28. The molecular weight excluding hydrogens is 426 g/mol. The summed E-state index contributed by atoms with van der Waals surface area (Å²) >= 11 is 9.34. The summed E-state index contributed by atoms with van der Waals surface area (Å²) in [6.07, 6.45) is 0. The number of esters is 1. The first-order valence-electron chi connectivity index (χ1n) is 7.50. The summed E-state index contributed by atoms with van der Waals surface area (Å²) in [5.74, 6) is -0.233. The molecule has 138 valence electrons. The number of aryl methyl sites for hydroxylation is 1. The molecule has 6 nitrogen and oxygen atoms in total. The maximum atomic E-state index is 12.1. The average molecular weight is 443 g/mol. The van der Waals surface area contributed by atoms with E-state index in [1.165, 1.54) is 26.4 Å². The standard InChI is InChI=1S/C18H17BrClNO5/c1-10-6-12(19)13(20)8-14(10)21-17(22)9-26-18(23)11-4-5-15(24-2)16(7-11)25-3/h4-8H,9H2,1-3H3,(H,21,22). The van der Waals surface area contributed by atoms with Gasteiger partial charge < -0.3 is 19.5 Å². The molecule has 0 bridgehead atoms. The average Bonchev–Trinajstić information content (AvgIpc) is 2.63. The van der Waals surface area contributed by atoms with E-state index in [4.69, 9.17) is 25.8 Å². The Morgan fingerprint density at radius 1 is 1.12 bits per heavy atom. The molecule has 8 heteroatoms. The molecule has 0 saturated heterocycles. The molecule has 0 unspecified atom stereocenters. The number of hydrogen-bond acceptors (Lipinski definition) is 5. The van der Waals surface area contributed by atoms with E-state index in [9.17, 15) is 9.59 Å². The van der Waals surface area contributed by atoms with Crippen molar-refractivity contribution in [2.75, 3.05) is 26.1 Å². The third-order valence-corrected chi connectivity index (χ3v) is 4.69. The minimum Gasteiger partial charge on any atom is -0.493 e. The van der Waals surface area contributed by atoms with Gasteiger partial charge in [-0.3, -0.25) is 4.79 Å². The molecule has 26 heavy (non-hydrogen) atoms. The molecule has 0 aliphatic heterocycles. The van der Waals surface area contributed by atoms with Gasteiger partial charge in [-0.15, -0.1) is 0 Å². The summed E-state index contributed by atoms with van der Waals surface area (Å²) in [6, 6.07) is 8.00. The molecule has 2 rings (SSSR count). The van der Waals surface area contributed by atoms with Gasteiger partial charge in [-0.2, -0.15) is 0 Å². The van der Waals surface area contributed by atoms with E-state index in [1.54, 1.807) is 18.2 Å². The van der Waals surface area contributed by atoms with Crippen molar-refractivity contribution in [2.24, 2.45) is 0 Å². The summed E-state index contributed by atoms with van der Waals surface area (Å²) in [4.78, 5) is 24.1. The Labute approximate surface area is 164 Å². The van der Waals surface area contributed by atoms with E-state index in [0.717, 1.165) is 10.0 Å². The summed E-state index contributed by atoms with van der Waals surface area (Å²) in [7, 11) is 2.96. The van der Waals surface area contributed by atoms with Gasteiger partial charge in [0.2, 0.25) is 0 Å². The van der Waals surface area contributed by atoms with Crippen LogP contribution in [0.15, 0.2) is 34.8 Å². The number of carbonyl (C=O) groups is 2. The molecule has 0 radical (unpaired) electrons. The molecular formula is C18H17BrClNO5. The number of anilines is 1. The van der Waals surface area contributed by atoms with E-state index in [-0.39, 0.29) is 5.56 Å². The highest BCUT2D eigenvalue weighted by atomic mass is 79.9. The van der Waals surface area contributed by atoms with E-state index in [1.807, 2.05) is 6.92 Å². The van der Waals surface area contributed by atoms with Crippen LogP contribution in [0.4, 0.5) is 5.69 Å². The van der Waals surface area contributed by atoms with Crippen LogP contribution in [0.25, 0.3) is 0 Å². The molecule has 0 fully saturated rings. The fraction of sp³-hybridized carbons (Fsp3) is 0.222. The van der Waals surface area contributed by atoms with Gasteiger partial charge in [-0.05, 0) is 58.7 Å². The van der Waals surface area contributed by atoms with E-state index < -0.39 is 18.5 Å². The zero-order valence-electron chi connectivity index (χ0n) is 14.4. The summed E-state index contributed by atoms with van der Waals surface area (Å²) in [5.41, 5.74) is 1.62. The van der Waals surface area contributed by atoms with Crippen LogP contribution in [0.2, 0.25) is 5.02 Å². The van der Waals surface area contributed by atoms with Crippen molar-refractivity contribution in [3.8, 4) is 11.5 Å². The Hall–Kier alpha value is -2.25. The first kappa shape index (κ1) is 20.1. The highest BCUT2D eigenvalue weighted by Gasteiger charge is 2.14. The van der Waals surface area contributed by atoms with Crippen molar-refractivity contribution in [1.82, 2.24) is 0 Å². The molecule has 2 aromatic rings. The van der Waals surface area contributed by atoms with Crippen LogP contribution in [0.3, 0.4) is 0 Å². The lowest BCUT2D eigenvalue weighted by Crippen LogP contribution is -2.21. The van der Waals surface area contributed by atoms with Crippen LogP contribution in [0.5, 0.6) is 11.5 Å². The number of methoxy groups -OCH3 is 2. The quantitative estimate of drug-likeness (QED) is 0.678.